The van der Waals surface area contributed by atoms with E-state index in [1.807, 2.05) is 0 Å². The van der Waals surface area contributed by atoms with Crippen molar-refractivity contribution in [1.29, 1.82) is 0 Å². The molecule has 25 heavy (non-hydrogen) atoms. The maximum Gasteiger partial charge on any atom is 0.272 e. The van der Waals surface area contributed by atoms with Crippen molar-refractivity contribution in [3.8, 4) is 0 Å². The summed E-state index contributed by atoms with van der Waals surface area (Å²) in [5.41, 5.74) is 0.335. The average Bonchev–Trinajstić information content (AvgIpc) is 3.25. The lowest BCUT2D eigenvalue weighted by Gasteiger charge is -2.37. The topological polar surface area (TPSA) is 103 Å². The van der Waals surface area contributed by atoms with Gasteiger partial charge < -0.3 is 24.2 Å². The van der Waals surface area contributed by atoms with Gasteiger partial charge in [-0.1, -0.05) is 5.16 Å². The van der Waals surface area contributed by atoms with E-state index in [4.69, 9.17) is 14.0 Å². The van der Waals surface area contributed by atoms with E-state index in [0.717, 1.165) is 0 Å². The number of amides is 1. The highest BCUT2D eigenvalue weighted by atomic mass is 16.7. The number of anilines is 2. The molecule has 2 aromatic rings. The molecule has 0 saturated carbocycles. The number of hydrogen-bond donors (Lipinski definition) is 1. The third-order valence-electron chi connectivity index (χ3n) is 4.40. The summed E-state index contributed by atoms with van der Waals surface area (Å²) in [6, 6.07) is 3.36. The Bertz CT molecular complexity index is 761. The average molecular weight is 345 g/mol. The molecule has 0 bridgehead atoms. The van der Waals surface area contributed by atoms with Crippen LogP contribution < -0.4 is 5.32 Å². The molecule has 1 N–H and O–H groups in total. The van der Waals surface area contributed by atoms with Gasteiger partial charge in [0.2, 0.25) is 0 Å². The van der Waals surface area contributed by atoms with Crippen molar-refractivity contribution in [1.82, 2.24) is 20.0 Å². The van der Waals surface area contributed by atoms with Gasteiger partial charge in [-0.3, -0.25) is 4.79 Å². The summed E-state index contributed by atoms with van der Waals surface area (Å²) in [6.45, 7) is 4.20. The lowest BCUT2D eigenvalue weighted by atomic mass is 10.0. The molecule has 0 aromatic carbocycles. The van der Waals surface area contributed by atoms with Gasteiger partial charge in [-0.05, 0) is 6.92 Å². The molecule has 2 aliphatic heterocycles. The van der Waals surface area contributed by atoms with E-state index in [2.05, 4.69) is 20.4 Å². The Morgan fingerprint density at radius 2 is 1.92 bits per heavy atom. The van der Waals surface area contributed by atoms with Gasteiger partial charge in [0.15, 0.2) is 11.6 Å². The molecular formula is C16H19N5O4. The first-order valence-corrected chi connectivity index (χ1v) is 8.23. The molecular weight excluding hydrogens is 326 g/mol. The van der Waals surface area contributed by atoms with E-state index < -0.39 is 5.79 Å². The number of carbonyl (C=O) groups is 1. The van der Waals surface area contributed by atoms with Gasteiger partial charge in [0.1, 0.15) is 23.6 Å². The fourth-order valence-electron chi connectivity index (χ4n) is 3.10. The standard InChI is InChI=1S/C16H19N5O4/c1-11-8-14(20-25-11)19-13-9-12(17-10-18-13)15(22)21-4-2-16(3-5-21)23-6-7-24-16/h8-10H,2-7H2,1H3,(H,17,18,19,20). The first-order chi connectivity index (χ1) is 12.1. The van der Waals surface area contributed by atoms with Crippen molar-refractivity contribution in [3.63, 3.8) is 0 Å². The Labute approximate surface area is 144 Å². The van der Waals surface area contributed by atoms with Crippen molar-refractivity contribution in [2.75, 3.05) is 31.6 Å². The number of nitrogens with one attached hydrogen (secondary N) is 1. The Morgan fingerprint density at radius 1 is 1.16 bits per heavy atom. The molecule has 0 aliphatic carbocycles. The summed E-state index contributed by atoms with van der Waals surface area (Å²) in [4.78, 5) is 22.7. The van der Waals surface area contributed by atoms with E-state index >= 15 is 0 Å². The van der Waals surface area contributed by atoms with E-state index in [1.54, 1.807) is 24.0 Å². The molecule has 1 spiro atoms. The minimum atomic E-state index is -0.500. The zero-order chi connectivity index (χ0) is 17.3. The monoisotopic (exact) mass is 345 g/mol. The molecule has 2 aromatic heterocycles. The Kier molecular flexibility index (Phi) is 4.10. The quantitative estimate of drug-likeness (QED) is 0.893. The predicted molar refractivity (Wildman–Crippen MR) is 86.3 cm³/mol. The first kappa shape index (κ1) is 16.0. The van der Waals surface area contributed by atoms with Crippen LogP contribution in [0.1, 0.15) is 29.1 Å². The summed E-state index contributed by atoms with van der Waals surface area (Å²) >= 11 is 0. The van der Waals surface area contributed by atoms with Crippen LogP contribution in [0.2, 0.25) is 0 Å². The van der Waals surface area contributed by atoms with Crippen LogP contribution in [0.25, 0.3) is 0 Å². The maximum absolute atomic E-state index is 12.7. The van der Waals surface area contributed by atoms with Gasteiger partial charge in [-0.25, -0.2) is 9.97 Å². The summed E-state index contributed by atoms with van der Waals surface area (Å²) < 4.78 is 16.4. The number of hydrogen-bond acceptors (Lipinski definition) is 8. The highest BCUT2D eigenvalue weighted by molar-refractivity contribution is 5.93. The minimum Gasteiger partial charge on any atom is -0.360 e. The number of likely N-dealkylation sites (tertiary alicyclic amines) is 1. The van der Waals surface area contributed by atoms with E-state index in [0.29, 0.717) is 62.2 Å². The molecule has 4 heterocycles. The molecule has 1 amide bonds. The van der Waals surface area contributed by atoms with Crippen molar-refractivity contribution >= 4 is 17.5 Å². The molecule has 9 nitrogen and oxygen atoms in total. The Hall–Kier alpha value is -2.52. The van der Waals surface area contributed by atoms with Crippen LogP contribution in [-0.2, 0) is 9.47 Å². The summed E-state index contributed by atoms with van der Waals surface area (Å²) in [5, 5.41) is 6.84. The summed E-state index contributed by atoms with van der Waals surface area (Å²) in [7, 11) is 0. The van der Waals surface area contributed by atoms with Gasteiger partial charge >= 0.3 is 0 Å². The summed E-state index contributed by atoms with van der Waals surface area (Å²) in [6.07, 6.45) is 2.71. The normalized spacial score (nSPS) is 19.3. The number of carbonyl (C=O) groups excluding carboxylic acids is 1. The van der Waals surface area contributed by atoms with Gasteiger partial charge in [0.05, 0.1) is 13.2 Å². The fourth-order valence-corrected chi connectivity index (χ4v) is 3.10. The third kappa shape index (κ3) is 3.33. The molecule has 132 valence electrons. The van der Waals surface area contributed by atoms with Crippen LogP contribution in [0, 0.1) is 6.92 Å². The van der Waals surface area contributed by atoms with E-state index in [1.165, 1.54) is 6.33 Å². The molecule has 0 radical (unpaired) electrons. The molecule has 2 fully saturated rings. The van der Waals surface area contributed by atoms with Crippen molar-refractivity contribution in [3.05, 3.63) is 29.9 Å². The number of nitrogens with zero attached hydrogens (tertiary/aromatic N) is 4. The fraction of sp³-hybridized carbons (Fsp3) is 0.500. The molecule has 2 saturated heterocycles. The van der Waals surface area contributed by atoms with Gasteiger partial charge in [-0.2, -0.15) is 0 Å². The largest absolute Gasteiger partial charge is 0.360 e. The lowest BCUT2D eigenvalue weighted by molar-refractivity contribution is -0.181. The van der Waals surface area contributed by atoms with Crippen LogP contribution in [0.5, 0.6) is 0 Å². The predicted octanol–water partition coefficient (Wildman–Crippen LogP) is 1.50. The molecule has 9 heteroatoms. The second-order valence-electron chi connectivity index (χ2n) is 6.14. The highest BCUT2D eigenvalue weighted by Gasteiger charge is 2.41. The minimum absolute atomic E-state index is 0.130. The van der Waals surface area contributed by atoms with Crippen LogP contribution in [0.4, 0.5) is 11.6 Å². The van der Waals surface area contributed by atoms with Crippen LogP contribution >= 0.6 is 0 Å². The second-order valence-corrected chi connectivity index (χ2v) is 6.14. The Balaban J connectivity index is 1.43. The summed E-state index contributed by atoms with van der Waals surface area (Å²) in [5.74, 6) is 1.08. The van der Waals surface area contributed by atoms with Crippen molar-refractivity contribution in [2.45, 2.75) is 25.6 Å². The first-order valence-electron chi connectivity index (χ1n) is 8.23. The smallest absolute Gasteiger partial charge is 0.272 e. The number of piperidine rings is 1. The highest BCUT2D eigenvalue weighted by Crippen LogP contribution is 2.31. The zero-order valence-electron chi connectivity index (χ0n) is 13.9. The number of ether oxygens (including phenoxy) is 2. The molecule has 2 aliphatic rings. The number of aryl methyl sites for hydroxylation is 1. The maximum atomic E-state index is 12.7. The van der Waals surface area contributed by atoms with Crippen LogP contribution in [-0.4, -0.2) is 58.0 Å². The number of rotatable bonds is 3. The second kappa shape index (κ2) is 6.41. The van der Waals surface area contributed by atoms with E-state index in [-0.39, 0.29) is 5.91 Å². The Morgan fingerprint density at radius 3 is 2.60 bits per heavy atom. The van der Waals surface area contributed by atoms with Gasteiger partial charge in [0.25, 0.3) is 5.91 Å². The van der Waals surface area contributed by atoms with Gasteiger partial charge in [0, 0.05) is 38.1 Å². The van der Waals surface area contributed by atoms with Gasteiger partial charge in [-0.15, -0.1) is 0 Å². The SMILES string of the molecule is Cc1cc(Nc2cc(C(=O)N3CCC4(CC3)OCCO4)ncn2)no1. The van der Waals surface area contributed by atoms with Crippen LogP contribution in [0.3, 0.4) is 0 Å². The molecule has 0 atom stereocenters. The lowest BCUT2D eigenvalue weighted by Crippen LogP contribution is -2.47. The number of aromatic nitrogens is 3. The third-order valence-corrected chi connectivity index (χ3v) is 4.40. The van der Waals surface area contributed by atoms with E-state index in [9.17, 15) is 4.79 Å². The van der Waals surface area contributed by atoms with Crippen LogP contribution in [0.15, 0.2) is 23.0 Å². The molecule has 0 unspecified atom stereocenters. The van der Waals surface area contributed by atoms with Crippen molar-refractivity contribution < 1.29 is 18.8 Å². The molecule has 4 rings (SSSR count). The zero-order valence-corrected chi connectivity index (χ0v) is 13.9. The van der Waals surface area contributed by atoms with Crippen molar-refractivity contribution in [2.24, 2.45) is 0 Å².